The monoisotopic (exact) mass is 332 g/mol. The molecule has 0 aliphatic heterocycles. The van der Waals surface area contributed by atoms with Crippen LogP contribution in [-0.4, -0.2) is 26.3 Å². The highest BCUT2D eigenvalue weighted by molar-refractivity contribution is 9.09. The van der Waals surface area contributed by atoms with Crippen molar-refractivity contribution in [3.8, 4) is 0 Å². The Bertz CT molecular complexity index is 532. The number of hydrogen-bond acceptors (Lipinski definition) is 4. The molecule has 0 saturated heterocycles. The van der Waals surface area contributed by atoms with Gasteiger partial charge in [-0.05, 0) is 19.1 Å². The third kappa shape index (κ3) is 4.62. The highest BCUT2D eigenvalue weighted by atomic mass is 79.9. The predicted octanol–water partition coefficient (Wildman–Crippen LogP) is 2.22. The van der Waals surface area contributed by atoms with Crippen molar-refractivity contribution in [3.63, 3.8) is 0 Å². The van der Waals surface area contributed by atoms with Crippen molar-refractivity contribution in [2.24, 2.45) is 0 Å². The van der Waals surface area contributed by atoms with Gasteiger partial charge < -0.3 is 4.74 Å². The van der Waals surface area contributed by atoms with E-state index in [1.165, 1.54) is 12.1 Å². The fraction of sp³-hybridized carbons (Fsp3) is 0.250. The van der Waals surface area contributed by atoms with Gasteiger partial charge in [0.25, 0.3) is 0 Å². The molecule has 0 heterocycles. The van der Waals surface area contributed by atoms with Gasteiger partial charge in [0.05, 0.1) is 4.90 Å². The molecular formula is C12H13BrO4S. The lowest BCUT2D eigenvalue weighted by molar-refractivity contribution is -0.137. The first-order valence-corrected chi connectivity index (χ1v) is 7.85. The SMILES string of the molecule is Cc1ccc(S(=O)(=O)/C=C\C(=O)OCCBr)cc1. The number of hydrogen-bond donors (Lipinski definition) is 0. The number of sulfone groups is 1. The number of esters is 1. The van der Waals surface area contributed by atoms with Crippen LogP contribution >= 0.6 is 15.9 Å². The van der Waals surface area contributed by atoms with Gasteiger partial charge in [-0.15, -0.1) is 0 Å². The summed E-state index contributed by atoms with van der Waals surface area (Å²) in [5, 5.41) is 1.37. The van der Waals surface area contributed by atoms with Crippen LogP contribution in [0.1, 0.15) is 5.56 Å². The lowest BCUT2D eigenvalue weighted by Gasteiger charge is -2.00. The number of halogens is 1. The lowest BCUT2D eigenvalue weighted by atomic mass is 10.2. The maximum Gasteiger partial charge on any atom is 0.331 e. The first-order chi connectivity index (χ1) is 8.45. The molecule has 4 nitrogen and oxygen atoms in total. The second kappa shape index (κ2) is 6.70. The lowest BCUT2D eigenvalue weighted by Crippen LogP contribution is -2.04. The van der Waals surface area contributed by atoms with E-state index in [1.807, 2.05) is 6.92 Å². The van der Waals surface area contributed by atoms with Crippen molar-refractivity contribution >= 4 is 31.7 Å². The number of carbonyl (C=O) groups excluding carboxylic acids is 1. The van der Waals surface area contributed by atoms with Crippen LogP contribution in [0.15, 0.2) is 40.6 Å². The maximum atomic E-state index is 11.8. The van der Waals surface area contributed by atoms with Gasteiger partial charge in [-0.1, -0.05) is 33.6 Å². The summed E-state index contributed by atoms with van der Waals surface area (Å²) in [6, 6.07) is 6.39. The first kappa shape index (κ1) is 14.9. The number of aryl methyl sites for hydroxylation is 1. The van der Waals surface area contributed by atoms with E-state index in [9.17, 15) is 13.2 Å². The summed E-state index contributed by atoms with van der Waals surface area (Å²) < 4.78 is 28.3. The Morgan fingerprint density at radius 1 is 1.33 bits per heavy atom. The van der Waals surface area contributed by atoms with E-state index in [0.29, 0.717) is 5.33 Å². The molecule has 0 aromatic heterocycles. The number of rotatable bonds is 5. The zero-order valence-electron chi connectivity index (χ0n) is 9.80. The average molecular weight is 333 g/mol. The van der Waals surface area contributed by atoms with Crippen LogP contribution in [0.4, 0.5) is 0 Å². The summed E-state index contributed by atoms with van der Waals surface area (Å²) in [5.41, 5.74) is 0.967. The van der Waals surface area contributed by atoms with Crippen LogP contribution in [0.2, 0.25) is 0 Å². The quantitative estimate of drug-likeness (QED) is 0.471. The zero-order chi connectivity index (χ0) is 13.6. The van der Waals surface area contributed by atoms with Gasteiger partial charge >= 0.3 is 5.97 Å². The second-order valence-corrected chi connectivity index (χ2v) is 6.14. The fourth-order valence-corrected chi connectivity index (χ4v) is 2.26. The molecule has 1 aromatic carbocycles. The van der Waals surface area contributed by atoms with E-state index in [1.54, 1.807) is 12.1 Å². The first-order valence-electron chi connectivity index (χ1n) is 5.18. The minimum atomic E-state index is -3.59. The van der Waals surface area contributed by atoms with Gasteiger partial charge in [0.15, 0.2) is 9.84 Å². The Morgan fingerprint density at radius 3 is 2.50 bits per heavy atom. The van der Waals surface area contributed by atoms with Crippen LogP contribution in [0.3, 0.4) is 0 Å². The van der Waals surface area contributed by atoms with Gasteiger partial charge in [0.2, 0.25) is 0 Å². The molecule has 0 spiro atoms. The number of alkyl halides is 1. The Morgan fingerprint density at radius 2 is 1.94 bits per heavy atom. The molecule has 18 heavy (non-hydrogen) atoms. The van der Waals surface area contributed by atoms with E-state index < -0.39 is 15.8 Å². The molecule has 0 N–H and O–H groups in total. The largest absolute Gasteiger partial charge is 0.462 e. The van der Waals surface area contributed by atoms with Crippen molar-refractivity contribution in [3.05, 3.63) is 41.3 Å². The summed E-state index contributed by atoms with van der Waals surface area (Å²) in [7, 11) is -3.59. The van der Waals surface area contributed by atoms with Crippen LogP contribution in [-0.2, 0) is 19.4 Å². The van der Waals surface area contributed by atoms with Gasteiger partial charge in [0.1, 0.15) is 6.61 Å². The Labute approximate surface area is 115 Å². The maximum absolute atomic E-state index is 11.8. The van der Waals surface area contributed by atoms with Crippen molar-refractivity contribution in [2.75, 3.05) is 11.9 Å². The molecule has 1 rings (SSSR count). The predicted molar refractivity (Wildman–Crippen MR) is 72.3 cm³/mol. The number of carbonyl (C=O) groups is 1. The summed E-state index contributed by atoms with van der Waals surface area (Å²) in [6.07, 6.45) is 0.915. The van der Waals surface area contributed by atoms with Crippen LogP contribution < -0.4 is 0 Å². The molecule has 0 amide bonds. The average Bonchev–Trinajstić information content (AvgIpc) is 2.34. The molecule has 0 aliphatic rings. The van der Waals surface area contributed by atoms with E-state index in [0.717, 1.165) is 17.0 Å². The molecule has 0 saturated carbocycles. The van der Waals surface area contributed by atoms with Gasteiger partial charge in [-0.2, -0.15) is 0 Å². The van der Waals surface area contributed by atoms with E-state index in [4.69, 9.17) is 4.74 Å². The summed E-state index contributed by atoms with van der Waals surface area (Å²) >= 11 is 3.09. The van der Waals surface area contributed by atoms with Crippen molar-refractivity contribution < 1.29 is 17.9 Å². The molecule has 98 valence electrons. The van der Waals surface area contributed by atoms with Crippen molar-refractivity contribution in [2.45, 2.75) is 11.8 Å². The topological polar surface area (TPSA) is 60.4 Å². The summed E-state index contributed by atoms with van der Waals surface area (Å²) in [4.78, 5) is 11.3. The van der Waals surface area contributed by atoms with E-state index in [-0.39, 0.29) is 11.5 Å². The van der Waals surface area contributed by atoms with Crippen molar-refractivity contribution in [1.82, 2.24) is 0 Å². The minimum absolute atomic E-state index is 0.151. The third-order valence-electron chi connectivity index (χ3n) is 2.05. The van der Waals surface area contributed by atoms with Gasteiger partial charge in [0, 0.05) is 16.8 Å². The van der Waals surface area contributed by atoms with Crippen molar-refractivity contribution in [1.29, 1.82) is 0 Å². The Hall–Kier alpha value is -1.14. The molecule has 0 aliphatic carbocycles. The van der Waals surface area contributed by atoms with Crippen LogP contribution in [0, 0.1) is 6.92 Å². The Balaban J connectivity index is 2.79. The Kier molecular flexibility index (Phi) is 5.55. The van der Waals surface area contributed by atoms with E-state index in [2.05, 4.69) is 15.9 Å². The second-order valence-electron chi connectivity index (χ2n) is 3.52. The highest BCUT2D eigenvalue weighted by Crippen LogP contribution is 2.13. The molecule has 6 heteroatoms. The number of benzene rings is 1. The molecule has 0 unspecified atom stereocenters. The molecule has 1 aromatic rings. The highest BCUT2D eigenvalue weighted by Gasteiger charge is 2.10. The molecule has 0 radical (unpaired) electrons. The fourth-order valence-electron chi connectivity index (χ4n) is 1.14. The van der Waals surface area contributed by atoms with Crippen LogP contribution in [0.5, 0.6) is 0 Å². The molecule has 0 fully saturated rings. The van der Waals surface area contributed by atoms with Gasteiger partial charge in [-0.25, -0.2) is 13.2 Å². The standard InChI is InChI=1S/C12H13BrO4S/c1-10-2-4-11(5-3-10)18(15,16)9-6-12(14)17-8-7-13/h2-6,9H,7-8H2,1H3/b9-6-. The van der Waals surface area contributed by atoms with E-state index >= 15 is 0 Å². The molecular weight excluding hydrogens is 320 g/mol. The smallest absolute Gasteiger partial charge is 0.331 e. The number of ether oxygens (including phenoxy) is 1. The minimum Gasteiger partial charge on any atom is -0.462 e. The van der Waals surface area contributed by atoms with Gasteiger partial charge in [-0.3, -0.25) is 0 Å². The summed E-state index contributed by atoms with van der Waals surface area (Å²) in [6.45, 7) is 2.07. The molecule has 0 atom stereocenters. The van der Waals surface area contributed by atoms with Crippen LogP contribution in [0.25, 0.3) is 0 Å². The zero-order valence-corrected chi connectivity index (χ0v) is 12.2. The summed E-state index contributed by atoms with van der Waals surface area (Å²) in [5.74, 6) is -0.676. The normalized spacial score (nSPS) is 11.7. The third-order valence-corrected chi connectivity index (χ3v) is 3.80. The molecule has 0 bridgehead atoms.